The Kier molecular flexibility index (Phi) is 4.28. The van der Waals surface area contributed by atoms with Crippen molar-refractivity contribution in [1.82, 2.24) is 15.2 Å². The summed E-state index contributed by atoms with van der Waals surface area (Å²) in [7, 11) is 2.25. The summed E-state index contributed by atoms with van der Waals surface area (Å²) in [6.45, 7) is 3.35. The van der Waals surface area contributed by atoms with E-state index in [0.29, 0.717) is 6.04 Å². The number of pyridine rings is 1. The number of hydrogen-bond donors (Lipinski definition) is 1. The number of rotatable bonds is 3. The second kappa shape index (κ2) is 6.33. The average Bonchev–Trinajstić information content (AvgIpc) is 2.76. The molecule has 0 aliphatic carbocycles. The maximum Gasteiger partial charge on any atom is 0.0702 e. The predicted octanol–water partition coefficient (Wildman–Crippen LogP) is 2.81. The van der Waals surface area contributed by atoms with Crippen LogP contribution in [0.5, 0.6) is 0 Å². The van der Waals surface area contributed by atoms with Crippen LogP contribution in [-0.4, -0.2) is 36.1 Å². The Morgan fingerprint density at radius 3 is 3.15 bits per heavy atom. The molecule has 1 unspecified atom stereocenters. The van der Waals surface area contributed by atoms with Gasteiger partial charge in [-0.2, -0.15) is 0 Å². The molecule has 0 spiro atoms. The summed E-state index contributed by atoms with van der Waals surface area (Å²) in [5.41, 5.74) is 2.46. The molecule has 1 saturated heterocycles. The molecule has 2 aromatic rings. The van der Waals surface area contributed by atoms with Gasteiger partial charge in [0, 0.05) is 24.2 Å². The van der Waals surface area contributed by atoms with Gasteiger partial charge in [0.1, 0.15) is 0 Å². The molecule has 106 valence electrons. The molecular formula is C17H23N3. The Morgan fingerprint density at radius 2 is 2.20 bits per heavy atom. The molecule has 3 heteroatoms. The second-order valence-electron chi connectivity index (χ2n) is 5.78. The van der Waals surface area contributed by atoms with Crippen LogP contribution in [0, 0.1) is 0 Å². The zero-order chi connectivity index (χ0) is 13.8. The first-order valence-electron chi connectivity index (χ1n) is 7.57. The normalized spacial score (nSPS) is 20.2. The van der Waals surface area contributed by atoms with E-state index in [2.05, 4.69) is 46.5 Å². The van der Waals surface area contributed by atoms with E-state index in [4.69, 9.17) is 0 Å². The predicted molar refractivity (Wildman–Crippen MR) is 83.7 cm³/mol. The van der Waals surface area contributed by atoms with E-state index in [9.17, 15) is 0 Å². The van der Waals surface area contributed by atoms with Crippen LogP contribution < -0.4 is 5.32 Å². The van der Waals surface area contributed by atoms with Gasteiger partial charge < -0.3 is 5.32 Å². The van der Waals surface area contributed by atoms with E-state index in [1.54, 1.807) is 0 Å². The summed E-state index contributed by atoms with van der Waals surface area (Å²) in [5.74, 6) is 0. The summed E-state index contributed by atoms with van der Waals surface area (Å²) >= 11 is 0. The van der Waals surface area contributed by atoms with E-state index in [1.807, 2.05) is 12.3 Å². The van der Waals surface area contributed by atoms with E-state index in [1.165, 1.54) is 36.8 Å². The van der Waals surface area contributed by atoms with Gasteiger partial charge >= 0.3 is 0 Å². The number of hydrogen-bond acceptors (Lipinski definition) is 3. The third-order valence-corrected chi connectivity index (χ3v) is 4.27. The lowest BCUT2D eigenvalue weighted by Gasteiger charge is -2.27. The first-order chi connectivity index (χ1) is 9.83. The van der Waals surface area contributed by atoms with Crippen molar-refractivity contribution in [3.05, 3.63) is 42.1 Å². The molecule has 3 nitrogen and oxygen atoms in total. The third-order valence-electron chi connectivity index (χ3n) is 4.27. The molecule has 0 radical (unpaired) electrons. The highest BCUT2D eigenvalue weighted by Crippen LogP contribution is 2.18. The Bertz CT molecular complexity index is 559. The van der Waals surface area contributed by atoms with Gasteiger partial charge in [-0.25, -0.2) is 0 Å². The number of benzene rings is 1. The molecule has 1 fully saturated rings. The van der Waals surface area contributed by atoms with Gasteiger partial charge in [0.15, 0.2) is 0 Å². The fourth-order valence-corrected chi connectivity index (χ4v) is 3.08. The fraction of sp³-hybridized carbons (Fsp3) is 0.471. The lowest BCUT2D eigenvalue weighted by molar-refractivity contribution is 0.216. The Balaban J connectivity index is 1.71. The third kappa shape index (κ3) is 3.17. The molecule has 1 atom stereocenters. The number of nitrogens with one attached hydrogen (secondary N) is 1. The van der Waals surface area contributed by atoms with Crippen molar-refractivity contribution in [1.29, 1.82) is 0 Å². The maximum absolute atomic E-state index is 4.38. The van der Waals surface area contributed by atoms with Crippen LogP contribution >= 0.6 is 0 Å². The van der Waals surface area contributed by atoms with Gasteiger partial charge in [0.2, 0.25) is 0 Å². The van der Waals surface area contributed by atoms with Crippen LogP contribution in [0.1, 0.15) is 24.8 Å². The van der Waals surface area contributed by atoms with Crippen molar-refractivity contribution in [2.24, 2.45) is 0 Å². The summed E-state index contributed by atoms with van der Waals surface area (Å²) < 4.78 is 0. The highest BCUT2D eigenvalue weighted by molar-refractivity contribution is 5.78. The van der Waals surface area contributed by atoms with E-state index < -0.39 is 0 Å². The Labute approximate surface area is 121 Å². The zero-order valence-corrected chi connectivity index (χ0v) is 12.2. The number of aromatic nitrogens is 1. The van der Waals surface area contributed by atoms with Gasteiger partial charge in [-0.1, -0.05) is 12.1 Å². The largest absolute Gasteiger partial charge is 0.317 e. The fourth-order valence-electron chi connectivity index (χ4n) is 3.08. The molecule has 1 aliphatic heterocycles. The first-order valence-corrected chi connectivity index (χ1v) is 7.57. The van der Waals surface area contributed by atoms with Crippen LogP contribution in [0.2, 0.25) is 0 Å². The molecule has 3 rings (SSSR count). The molecule has 1 aromatic carbocycles. The molecule has 20 heavy (non-hydrogen) atoms. The van der Waals surface area contributed by atoms with Crippen molar-refractivity contribution >= 4 is 10.9 Å². The zero-order valence-electron chi connectivity index (χ0n) is 12.2. The number of nitrogens with zero attached hydrogens (tertiary/aromatic N) is 2. The number of fused-ring (bicyclic) bond motifs is 1. The Hall–Kier alpha value is -1.45. The minimum absolute atomic E-state index is 0.703. The average molecular weight is 269 g/mol. The van der Waals surface area contributed by atoms with E-state index in [-0.39, 0.29) is 0 Å². The highest BCUT2D eigenvalue weighted by atomic mass is 15.1. The first kappa shape index (κ1) is 13.5. The van der Waals surface area contributed by atoms with Crippen molar-refractivity contribution < 1.29 is 0 Å². The summed E-state index contributed by atoms with van der Waals surface area (Å²) in [4.78, 5) is 6.89. The molecule has 1 N–H and O–H groups in total. The quantitative estimate of drug-likeness (QED) is 0.928. The van der Waals surface area contributed by atoms with Gasteiger partial charge in [-0.3, -0.25) is 9.88 Å². The Morgan fingerprint density at radius 1 is 1.25 bits per heavy atom. The highest BCUT2D eigenvalue weighted by Gasteiger charge is 2.16. The van der Waals surface area contributed by atoms with Gasteiger partial charge in [0.25, 0.3) is 0 Å². The minimum atomic E-state index is 0.703. The molecule has 1 aliphatic rings. The van der Waals surface area contributed by atoms with Crippen molar-refractivity contribution in [2.45, 2.75) is 31.8 Å². The minimum Gasteiger partial charge on any atom is -0.317 e. The smallest absolute Gasteiger partial charge is 0.0702 e. The topological polar surface area (TPSA) is 28.2 Å². The van der Waals surface area contributed by atoms with Crippen LogP contribution in [0.3, 0.4) is 0 Å². The van der Waals surface area contributed by atoms with E-state index >= 15 is 0 Å². The standard InChI is InChI=1S/C17H23N3/c1-20(16-5-3-9-18-11-8-16)13-14-6-7-17-15(12-14)4-2-10-19-17/h2,4,6-7,10,12,16,18H,3,5,8-9,11,13H2,1H3. The van der Waals surface area contributed by atoms with Crippen LogP contribution in [-0.2, 0) is 6.54 Å². The van der Waals surface area contributed by atoms with Crippen molar-refractivity contribution in [2.75, 3.05) is 20.1 Å². The second-order valence-corrected chi connectivity index (χ2v) is 5.78. The molecule has 0 saturated carbocycles. The van der Waals surface area contributed by atoms with Gasteiger partial charge in [0.05, 0.1) is 5.52 Å². The lowest BCUT2D eigenvalue weighted by atomic mass is 10.1. The molecule has 0 bridgehead atoms. The summed E-state index contributed by atoms with van der Waals surface area (Å²) in [6.07, 6.45) is 5.70. The molecule has 0 amide bonds. The van der Waals surface area contributed by atoms with Crippen LogP contribution in [0.4, 0.5) is 0 Å². The van der Waals surface area contributed by atoms with Gasteiger partial charge in [-0.05, 0) is 63.2 Å². The van der Waals surface area contributed by atoms with Crippen LogP contribution in [0.15, 0.2) is 36.5 Å². The van der Waals surface area contributed by atoms with Crippen molar-refractivity contribution in [3.8, 4) is 0 Å². The lowest BCUT2D eigenvalue weighted by Crippen LogP contribution is -2.31. The van der Waals surface area contributed by atoms with E-state index in [0.717, 1.165) is 18.6 Å². The van der Waals surface area contributed by atoms with Crippen LogP contribution in [0.25, 0.3) is 10.9 Å². The molecular weight excluding hydrogens is 246 g/mol. The summed E-state index contributed by atoms with van der Waals surface area (Å²) in [6, 6.07) is 11.5. The van der Waals surface area contributed by atoms with Crippen molar-refractivity contribution in [3.63, 3.8) is 0 Å². The molecule has 2 heterocycles. The maximum atomic E-state index is 4.38. The summed E-state index contributed by atoms with van der Waals surface area (Å²) in [5, 5.41) is 4.72. The SMILES string of the molecule is CN(Cc1ccc2ncccc2c1)C1CCCNCC1. The monoisotopic (exact) mass is 269 g/mol. The molecule has 1 aromatic heterocycles. The van der Waals surface area contributed by atoms with Gasteiger partial charge in [-0.15, -0.1) is 0 Å².